The normalized spacial score (nSPS) is 12.3. The number of anilines is 1. The first-order valence-corrected chi connectivity index (χ1v) is 8.45. The van der Waals surface area contributed by atoms with Crippen LogP contribution in [0.25, 0.3) is 0 Å². The Bertz CT molecular complexity index is 623. The first kappa shape index (κ1) is 15.9. The van der Waals surface area contributed by atoms with Gasteiger partial charge in [-0.15, -0.1) is 0 Å². The summed E-state index contributed by atoms with van der Waals surface area (Å²) < 4.78 is 56.8. The lowest BCUT2D eigenvalue weighted by Gasteiger charge is -2.07. The molecule has 0 spiro atoms. The van der Waals surface area contributed by atoms with Gasteiger partial charge in [0.1, 0.15) is 0 Å². The summed E-state index contributed by atoms with van der Waals surface area (Å²) in [6, 6.07) is 6.15. The molecule has 7 nitrogen and oxygen atoms in total. The van der Waals surface area contributed by atoms with Crippen LogP contribution in [0.15, 0.2) is 29.2 Å². The lowest BCUT2D eigenvalue weighted by Crippen LogP contribution is -2.15. The molecular formula is C10H15NO6S2. The molecule has 0 radical (unpaired) electrons. The van der Waals surface area contributed by atoms with Crippen molar-refractivity contribution in [1.29, 1.82) is 0 Å². The molecule has 0 heterocycles. The molecular weight excluding hydrogens is 294 g/mol. The molecule has 0 atom stereocenters. The van der Waals surface area contributed by atoms with Crippen LogP contribution in [0.3, 0.4) is 0 Å². The van der Waals surface area contributed by atoms with Gasteiger partial charge in [0.2, 0.25) is 0 Å². The monoisotopic (exact) mass is 309 g/mol. The summed E-state index contributed by atoms with van der Waals surface area (Å²) in [5.41, 5.74) is 0.652. The van der Waals surface area contributed by atoms with Gasteiger partial charge < -0.3 is 5.32 Å². The standard InChI is InChI=1S/C10H15NO6S2/c1-2-11-9-4-3-5-10(8-9)18(12,13)7-6-17-19(14,15)16/h3-5,8,11H,2,6-7H2,1H3,(H,14,15,16). The van der Waals surface area contributed by atoms with E-state index in [-0.39, 0.29) is 4.90 Å². The van der Waals surface area contributed by atoms with Crippen LogP contribution in [0.2, 0.25) is 0 Å². The molecule has 108 valence electrons. The number of hydrogen-bond acceptors (Lipinski definition) is 6. The zero-order valence-corrected chi connectivity index (χ0v) is 11.9. The third-order valence-corrected chi connectivity index (χ3v) is 4.30. The number of benzene rings is 1. The van der Waals surface area contributed by atoms with Crippen molar-refractivity contribution in [3.05, 3.63) is 24.3 Å². The number of rotatable bonds is 7. The van der Waals surface area contributed by atoms with Crippen LogP contribution >= 0.6 is 0 Å². The van der Waals surface area contributed by atoms with Crippen LogP contribution < -0.4 is 5.32 Å². The molecule has 0 unspecified atom stereocenters. The fourth-order valence-electron chi connectivity index (χ4n) is 1.37. The molecule has 1 rings (SSSR count). The third-order valence-electron chi connectivity index (χ3n) is 2.16. The maximum Gasteiger partial charge on any atom is 0.397 e. The highest BCUT2D eigenvalue weighted by atomic mass is 32.3. The Hall–Kier alpha value is -1.16. The first-order chi connectivity index (χ1) is 8.74. The summed E-state index contributed by atoms with van der Waals surface area (Å²) >= 11 is 0. The van der Waals surface area contributed by atoms with Gasteiger partial charge in [-0.25, -0.2) is 12.6 Å². The fraction of sp³-hybridized carbons (Fsp3) is 0.400. The van der Waals surface area contributed by atoms with Crippen molar-refractivity contribution in [2.75, 3.05) is 24.2 Å². The highest BCUT2D eigenvalue weighted by Gasteiger charge is 2.16. The predicted octanol–water partition coefficient (Wildman–Crippen LogP) is 0.712. The van der Waals surface area contributed by atoms with Crippen LogP contribution in [0.1, 0.15) is 6.92 Å². The van der Waals surface area contributed by atoms with E-state index in [1.165, 1.54) is 12.1 Å². The van der Waals surface area contributed by atoms with Gasteiger partial charge in [-0.3, -0.25) is 4.55 Å². The molecule has 9 heteroatoms. The summed E-state index contributed by atoms with van der Waals surface area (Å²) in [6.07, 6.45) is 0. The molecule has 0 amide bonds. The van der Waals surface area contributed by atoms with Crippen molar-refractivity contribution in [2.24, 2.45) is 0 Å². The summed E-state index contributed by atoms with van der Waals surface area (Å²) in [5.74, 6) is -0.539. The Kier molecular flexibility index (Phi) is 5.29. The van der Waals surface area contributed by atoms with Crippen molar-refractivity contribution in [3.8, 4) is 0 Å². The van der Waals surface area contributed by atoms with E-state index in [0.717, 1.165) is 0 Å². The zero-order chi connectivity index (χ0) is 14.5. The van der Waals surface area contributed by atoms with Crippen LogP contribution in [0.4, 0.5) is 5.69 Å². The quantitative estimate of drug-likeness (QED) is 0.714. The Morgan fingerprint density at radius 1 is 1.26 bits per heavy atom. The van der Waals surface area contributed by atoms with E-state index >= 15 is 0 Å². The molecule has 19 heavy (non-hydrogen) atoms. The minimum Gasteiger partial charge on any atom is -0.385 e. The van der Waals surface area contributed by atoms with Gasteiger partial charge in [-0.2, -0.15) is 8.42 Å². The molecule has 0 fully saturated rings. The second-order valence-corrected chi connectivity index (χ2v) is 6.83. The average Bonchev–Trinajstić information content (AvgIpc) is 2.28. The van der Waals surface area contributed by atoms with Crippen LogP contribution in [-0.4, -0.2) is 40.3 Å². The summed E-state index contributed by atoms with van der Waals surface area (Å²) in [4.78, 5) is 0.0601. The zero-order valence-electron chi connectivity index (χ0n) is 10.2. The Balaban J connectivity index is 2.79. The molecule has 0 bridgehead atoms. The number of nitrogens with one attached hydrogen (secondary N) is 1. The average molecular weight is 309 g/mol. The lowest BCUT2D eigenvalue weighted by atomic mass is 10.3. The van der Waals surface area contributed by atoms with Crippen LogP contribution in [0, 0.1) is 0 Å². The molecule has 1 aromatic carbocycles. The van der Waals surface area contributed by atoms with Crippen molar-refractivity contribution in [3.63, 3.8) is 0 Å². The van der Waals surface area contributed by atoms with Crippen molar-refractivity contribution >= 4 is 25.9 Å². The Morgan fingerprint density at radius 3 is 2.53 bits per heavy atom. The molecule has 0 aliphatic heterocycles. The van der Waals surface area contributed by atoms with E-state index < -0.39 is 32.6 Å². The topological polar surface area (TPSA) is 110 Å². The Labute approximate surface area is 112 Å². The van der Waals surface area contributed by atoms with E-state index in [0.29, 0.717) is 12.2 Å². The molecule has 0 saturated carbocycles. The molecule has 0 aliphatic rings. The van der Waals surface area contributed by atoms with Crippen LogP contribution in [-0.2, 0) is 24.4 Å². The van der Waals surface area contributed by atoms with Crippen molar-refractivity contribution in [2.45, 2.75) is 11.8 Å². The fourth-order valence-corrected chi connectivity index (χ4v) is 2.90. The lowest BCUT2D eigenvalue weighted by molar-refractivity contribution is 0.284. The minimum absolute atomic E-state index is 0.0601. The van der Waals surface area contributed by atoms with Gasteiger partial charge in [0, 0.05) is 12.2 Å². The van der Waals surface area contributed by atoms with E-state index in [4.69, 9.17) is 4.55 Å². The van der Waals surface area contributed by atoms with Gasteiger partial charge in [-0.1, -0.05) is 6.07 Å². The van der Waals surface area contributed by atoms with Crippen molar-refractivity contribution in [1.82, 2.24) is 0 Å². The first-order valence-electron chi connectivity index (χ1n) is 5.43. The van der Waals surface area contributed by atoms with Crippen LogP contribution in [0.5, 0.6) is 0 Å². The van der Waals surface area contributed by atoms with Gasteiger partial charge in [0.05, 0.1) is 17.3 Å². The smallest absolute Gasteiger partial charge is 0.385 e. The molecule has 0 saturated heterocycles. The second kappa shape index (κ2) is 6.33. The number of sulfone groups is 1. The SMILES string of the molecule is CCNc1cccc(S(=O)(=O)CCOS(=O)(=O)O)c1. The molecule has 1 aromatic rings. The summed E-state index contributed by atoms with van der Waals surface area (Å²) in [5, 5.41) is 2.97. The van der Waals surface area contributed by atoms with Gasteiger partial charge in [0.25, 0.3) is 0 Å². The van der Waals surface area contributed by atoms with Crippen molar-refractivity contribution < 1.29 is 25.6 Å². The van der Waals surface area contributed by atoms with Gasteiger partial charge in [0.15, 0.2) is 9.84 Å². The van der Waals surface area contributed by atoms with Gasteiger partial charge in [-0.05, 0) is 25.1 Å². The maximum absolute atomic E-state index is 11.9. The third kappa shape index (κ3) is 5.55. The van der Waals surface area contributed by atoms with E-state index in [1.54, 1.807) is 12.1 Å². The van der Waals surface area contributed by atoms with Gasteiger partial charge >= 0.3 is 10.4 Å². The molecule has 0 aromatic heterocycles. The highest BCUT2D eigenvalue weighted by molar-refractivity contribution is 7.91. The minimum atomic E-state index is -4.62. The van der Waals surface area contributed by atoms with E-state index in [9.17, 15) is 16.8 Å². The largest absolute Gasteiger partial charge is 0.397 e. The molecule has 0 aliphatic carbocycles. The molecule has 2 N–H and O–H groups in total. The number of hydrogen-bond donors (Lipinski definition) is 2. The maximum atomic E-state index is 11.9. The Morgan fingerprint density at radius 2 is 1.95 bits per heavy atom. The van der Waals surface area contributed by atoms with E-state index in [2.05, 4.69) is 9.50 Å². The summed E-state index contributed by atoms with van der Waals surface area (Å²) in [7, 11) is -8.29. The predicted molar refractivity (Wildman–Crippen MR) is 70.2 cm³/mol. The van der Waals surface area contributed by atoms with E-state index in [1.807, 2.05) is 6.92 Å². The summed E-state index contributed by atoms with van der Waals surface area (Å²) in [6.45, 7) is 1.89. The second-order valence-electron chi connectivity index (χ2n) is 3.63. The highest BCUT2D eigenvalue weighted by Crippen LogP contribution is 2.16.